The molecular formula is C17H22N2O. The highest BCUT2D eigenvalue weighted by molar-refractivity contribution is 5.84. The lowest BCUT2D eigenvalue weighted by molar-refractivity contribution is -0.132. The number of likely N-dealkylation sites (tertiary alicyclic amines) is 1. The highest BCUT2D eigenvalue weighted by Gasteiger charge is 2.17. The van der Waals surface area contributed by atoms with Crippen LogP contribution in [0.15, 0.2) is 30.5 Å². The van der Waals surface area contributed by atoms with E-state index in [0.29, 0.717) is 6.54 Å². The first kappa shape index (κ1) is 13.2. The van der Waals surface area contributed by atoms with Gasteiger partial charge in [0.2, 0.25) is 5.91 Å². The number of rotatable bonds is 3. The number of piperidine rings is 1. The molecule has 3 heteroatoms. The topological polar surface area (TPSA) is 25.2 Å². The van der Waals surface area contributed by atoms with Crippen molar-refractivity contribution in [2.45, 2.75) is 39.2 Å². The van der Waals surface area contributed by atoms with E-state index in [4.69, 9.17) is 0 Å². The zero-order chi connectivity index (χ0) is 13.9. The first-order chi connectivity index (χ1) is 9.78. The Hall–Kier alpha value is -1.77. The van der Waals surface area contributed by atoms with E-state index in [1.54, 1.807) is 0 Å². The van der Waals surface area contributed by atoms with Gasteiger partial charge in [-0.05, 0) is 54.8 Å². The molecule has 1 amide bonds. The highest BCUT2D eigenvalue weighted by atomic mass is 16.2. The van der Waals surface area contributed by atoms with Crippen LogP contribution in [0.5, 0.6) is 0 Å². The SMILES string of the molecule is CCc1ccc2c(ccn2CC(=O)N2CCCCC2)c1. The Labute approximate surface area is 120 Å². The van der Waals surface area contributed by atoms with Crippen LogP contribution in [0.3, 0.4) is 0 Å². The first-order valence-corrected chi connectivity index (χ1v) is 7.63. The predicted molar refractivity (Wildman–Crippen MR) is 81.7 cm³/mol. The molecule has 0 saturated carbocycles. The van der Waals surface area contributed by atoms with E-state index in [9.17, 15) is 4.79 Å². The van der Waals surface area contributed by atoms with Gasteiger partial charge in [0.15, 0.2) is 0 Å². The second kappa shape index (κ2) is 5.70. The largest absolute Gasteiger partial charge is 0.341 e. The number of amides is 1. The summed E-state index contributed by atoms with van der Waals surface area (Å²) < 4.78 is 2.08. The van der Waals surface area contributed by atoms with Crippen LogP contribution in [0.1, 0.15) is 31.7 Å². The minimum Gasteiger partial charge on any atom is -0.341 e. The van der Waals surface area contributed by atoms with Crippen LogP contribution in [-0.2, 0) is 17.8 Å². The number of carbonyl (C=O) groups excluding carboxylic acids is 1. The minimum absolute atomic E-state index is 0.252. The first-order valence-electron chi connectivity index (χ1n) is 7.63. The van der Waals surface area contributed by atoms with Gasteiger partial charge in [-0.2, -0.15) is 0 Å². The van der Waals surface area contributed by atoms with Crippen molar-refractivity contribution in [1.82, 2.24) is 9.47 Å². The molecular weight excluding hydrogens is 248 g/mol. The molecule has 0 N–H and O–H groups in total. The fraction of sp³-hybridized carbons (Fsp3) is 0.471. The summed E-state index contributed by atoms with van der Waals surface area (Å²) in [4.78, 5) is 14.3. The molecule has 0 bridgehead atoms. The minimum atomic E-state index is 0.252. The second-order valence-corrected chi connectivity index (χ2v) is 5.63. The van der Waals surface area contributed by atoms with Gasteiger partial charge in [0.25, 0.3) is 0 Å². The fourth-order valence-corrected chi connectivity index (χ4v) is 3.00. The van der Waals surface area contributed by atoms with Crippen molar-refractivity contribution >= 4 is 16.8 Å². The Kier molecular flexibility index (Phi) is 3.77. The number of aryl methyl sites for hydroxylation is 1. The van der Waals surface area contributed by atoms with Crippen molar-refractivity contribution in [2.24, 2.45) is 0 Å². The van der Waals surface area contributed by atoms with Gasteiger partial charge in [0, 0.05) is 24.8 Å². The summed E-state index contributed by atoms with van der Waals surface area (Å²) in [6.45, 7) is 4.49. The molecule has 1 aliphatic heterocycles. The molecule has 3 nitrogen and oxygen atoms in total. The summed E-state index contributed by atoms with van der Waals surface area (Å²) in [5.41, 5.74) is 2.50. The third kappa shape index (κ3) is 2.58. The van der Waals surface area contributed by atoms with Crippen molar-refractivity contribution in [3.63, 3.8) is 0 Å². The van der Waals surface area contributed by atoms with Crippen LogP contribution in [-0.4, -0.2) is 28.5 Å². The average Bonchev–Trinajstić information content (AvgIpc) is 2.90. The summed E-state index contributed by atoms with van der Waals surface area (Å²) in [5.74, 6) is 0.252. The molecule has 1 aliphatic rings. The van der Waals surface area contributed by atoms with E-state index in [-0.39, 0.29) is 5.91 Å². The van der Waals surface area contributed by atoms with E-state index in [0.717, 1.165) is 37.9 Å². The maximum atomic E-state index is 12.3. The third-order valence-electron chi connectivity index (χ3n) is 4.26. The van der Waals surface area contributed by atoms with E-state index in [2.05, 4.69) is 35.8 Å². The van der Waals surface area contributed by atoms with Gasteiger partial charge < -0.3 is 9.47 Å². The molecule has 1 fully saturated rings. The number of fused-ring (bicyclic) bond motifs is 1. The van der Waals surface area contributed by atoms with Gasteiger partial charge in [-0.1, -0.05) is 13.0 Å². The molecule has 106 valence electrons. The van der Waals surface area contributed by atoms with E-state index >= 15 is 0 Å². The fourth-order valence-electron chi connectivity index (χ4n) is 3.00. The molecule has 0 atom stereocenters. The van der Waals surface area contributed by atoms with Crippen molar-refractivity contribution in [1.29, 1.82) is 0 Å². The summed E-state index contributed by atoms with van der Waals surface area (Å²) >= 11 is 0. The molecule has 1 aromatic heterocycles. The lowest BCUT2D eigenvalue weighted by Crippen LogP contribution is -2.37. The van der Waals surface area contributed by atoms with Crippen LogP contribution in [0.2, 0.25) is 0 Å². The molecule has 2 aromatic rings. The summed E-state index contributed by atoms with van der Waals surface area (Å²) in [6.07, 6.45) is 6.64. The molecule has 0 radical (unpaired) electrons. The van der Waals surface area contributed by atoms with E-state index in [1.807, 2.05) is 11.1 Å². The van der Waals surface area contributed by atoms with Crippen molar-refractivity contribution in [3.05, 3.63) is 36.0 Å². The number of benzene rings is 1. The second-order valence-electron chi connectivity index (χ2n) is 5.63. The van der Waals surface area contributed by atoms with Crippen molar-refractivity contribution in [3.8, 4) is 0 Å². The van der Waals surface area contributed by atoms with E-state index < -0.39 is 0 Å². The molecule has 2 heterocycles. The molecule has 1 aromatic carbocycles. The zero-order valence-electron chi connectivity index (χ0n) is 12.1. The molecule has 1 saturated heterocycles. The zero-order valence-corrected chi connectivity index (χ0v) is 12.1. The molecule has 0 unspecified atom stereocenters. The quantitative estimate of drug-likeness (QED) is 0.840. The lowest BCUT2D eigenvalue weighted by Gasteiger charge is -2.27. The van der Waals surface area contributed by atoms with Crippen LogP contribution in [0.4, 0.5) is 0 Å². The maximum Gasteiger partial charge on any atom is 0.242 e. The van der Waals surface area contributed by atoms with E-state index in [1.165, 1.54) is 17.4 Å². The lowest BCUT2D eigenvalue weighted by atomic mass is 10.1. The molecule has 3 rings (SSSR count). The Bertz CT molecular complexity index is 608. The number of nitrogens with zero attached hydrogens (tertiary/aromatic N) is 2. The number of aromatic nitrogens is 1. The van der Waals surface area contributed by atoms with Crippen molar-refractivity contribution in [2.75, 3.05) is 13.1 Å². The summed E-state index contributed by atoms with van der Waals surface area (Å²) in [5, 5.41) is 1.23. The Balaban J connectivity index is 1.78. The Morgan fingerprint density at radius 1 is 1.15 bits per heavy atom. The average molecular weight is 270 g/mol. The highest BCUT2D eigenvalue weighted by Crippen LogP contribution is 2.19. The summed E-state index contributed by atoms with van der Waals surface area (Å²) in [7, 11) is 0. The third-order valence-corrected chi connectivity index (χ3v) is 4.26. The maximum absolute atomic E-state index is 12.3. The Morgan fingerprint density at radius 3 is 2.70 bits per heavy atom. The van der Waals surface area contributed by atoms with Crippen LogP contribution in [0, 0.1) is 0 Å². The number of hydrogen-bond acceptors (Lipinski definition) is 1. The molecule has 0 aliphatic carbocycles. The van der Waals surface area contributed by atoms with Gasteiger partial charge in [-0.25, -0.2) is 0 Å². The molecule has 20 heavy (non-hydrogen) atoms. The number of hydrogen-bond donors (Lipinski definition) is 0. The van der Waals surface area contributed by atoms with Crippen LogP contribution < -0.4 is 0 Å². The van der Waals surface area contributed by atoms with Gasteiger partial charge >= 0.3 is 0 Å². The smallest absolute Gasteiger partial charge is 0.242 e. The van der Waals surface area contributed by atoms with Gasteiger partial charge in [0.1, 0.15) is 6.54 Å². The standard InChI is InChI=1S/C17H22N2O/c1-2-14-6-7-16-15(12-14)8-11-19(16)13-17(20)18-9-4-3-5-10-18/h6-8,11-12H,2-5,9-10,13H2,1H3. The monoisotopic (exact) mass is 270 g/mol. The number of carbonyl (C=O) groups is 1. The summed E-state index contributed by atoms with van der Waals surface area (Å²) in [6, 6.07) is 8.62. The van der Waals surface area contributed by atoms with Crippen molar-refractivity contribution < 1.29 is 4.79 Å². The predicted octanol–water partition coefficient (Wildman–Crippen LogP) is 3.22. The van der Waals surface area contributed by atoms with Crippen LogP contribution >= 0.6 is 0 Å². The van der Waals surface area contributed by atoms with Gasteiger partial charge in [-0.15, -0.1) is 0 Å². The van der Waals surface area contributed by atoms with Crippen LogP contribution in [0.25, 0.3) is 10.9 Å². The Morgan fingerprint density at radius 2 is 1.95 bits per heavy atom. The van der Waals surface area contributed by atoms with Gasteiger partial charge in [0.05, 0.1) is 0 Å². The van der Waals surface area contributed by atoms with Gasteiger partial charge in [-0.3, -0.25) is 4.79 Å². The molecule has 0 spiro atoms. The normalized spacial score (nSPS) is 15.8.